The molecule has 2 aromatic rings. The maximum absolute atomic E-state index is 12.6. The number of nitrogens with one attached hydrogen (secondary N) is 1. The van der Waals surface area contributed by atoms with Crippen molar-refractivity contribution < 1.29 is 13.2 Å². The fourth-order valence-corrected chi connectivity index (χ4v) is 4.54. The third-order valence-corrected chi connectivity index (χ3v) is 6.48. The monoisotopic (exact) mass is 499 g/mol. The standard InChI is InChI=1S/C19H22IN3O3S/c1-2-3-11-22-12-13-23(19(22)24)17-7-9-18(10-8-17)27(25,26)21-16-6-4-5-15(20)14-16/h4-10,14,21H,2-3,11-13H2,1H3. The molecule has 1 heterocycles. The molecule has 0 saturated carbocycles. The molecule has 144 valence electrons. The molecule has 0 aliphatic carbocycles. The van der Waals surface area contributed by atoms with Gasteiger partial charge in [0.2, 0.25) is 0 Å². The Morgan fingerprint density at radius 3 is 2.52 bits per heavy atom. The zero-order valence-corrected chi connectivity index (χ0v) is 18.0. The van der Waals surface area contributed by atoms with Gasteiger partial charge in [-0.15, -0.1) is 0 Å². The zero-order valence-electron chi connectivity index (χ0n) is 15.1. The summed E-state index contributed by atoms with van der Waals surface area (Å²) in [5, 5.41) is 0. The van der Waals surface area contributed by atoms with Crippen molar-refractivity contribution >= 4 is 50.0 Å². The number of urea groups is 1. The summed E-state index contributed by atoms with van der Waals surface area (Å²) < 4.78 is 28.7. The van der Waals surface area contributed by atoms with E-state index in [9.17, 15) is 13.2 Å². The van der Waals surface area contributed by atoms with Crippen molar-refractivity contribution in [3.63, 3.8) is 0 Å². The van der Waals surface area contributed by atoms with E-state index in [2.05, 4.69) is 34.2 Å². The minimum absolute atomic E-state index is 0.0176. The predicted molar refractivity (Wildman–Crippen MR) is 116 cm³/mol. The summed E-state index contributed by atoms with van der Waals surface area (Å²) in [5.41, 5.74) is 1.24. The second kappa shape index (κ2) is 8.47. The average molecular weight is 499 g/mol. The molecule has 2 aromatic carbocycles. The third-order valence-electron chi connectivity index (χ3n) is 4.41. The first-order chi connectivity index (χ1) is 12.9. The van der Waals surface area contributed by atoms with Crippen LogP contribution in [0.2, 0.25) is 0 Å². The van der Waals surface area contributed by atoms with E-state index in [-0.39, 0.29) is 10.9 Å². The summed E-state index contributed by atoms with van der Waals surface area (Å²) in [5.74, 6) is 0. The van der Waals surface area contributed by atoms with E-state index in [0.29, 0.717) is 24.5 Å². The molecule has 6 nitrogen and oxygen atoms in total. The number of anilines is 2. The van der Waals surface area contributed by atoms with Gasteiger partial charge in [0.05, 0.1) is 4.90 Å². The quantitative estimate of drug-likeness (QED) is 0.583. The molecule has 1 aliphatic heterocycles. The number of benzene rings is 2. The molecule has 27 heavy (non-hydrogen) atoms. The predicted octanol–water partition coefficient (Wildman–Crippen LogP) is 4.13. The van der Waals surface area contributed by atoms with Gasteiger partial charge in [0.25, 0.3) is 10.0 Å². The maximum atomic E-state index is 12.6. The Hall–Kier alpha value is -1.81. The molecule has 0 unspecified atom stereocenters. The van der Waals surface area contributed by atoms with Crippen LogP contribution < -0.4 is 9.62 Å². The smallest absolute Gasteiger partial charge is 0.323 e. The van der Waals surface area contributed by atoms with E-state index in [1.54, 1.807) is 35.2 Å². The molecule has 0 spiro atoms. The highest BCUT2D eigenvalue weighted by molar-refractivity contribution is 14.1. The summed E-state index contributed by atoms with van der Waals surface area (Å²) in [6.45, 7) is 4.18. The van der Waals surface area contributed by atoms with Gasteiger partial charge in [0.15, 0.2) is 0 Å². The number of halogens is 1. The van der Waals surface area contributed by atoms with Crippen LogP contribution >= 0.6 is 22.6 Å². The van der Waals surface area contributed by atoms with Gasteiger partial charge in [-0.2, -0.15) is 0 Å². The molecule has 1 saturated heterocycles. The molecule has 0 bridgehead atoms. The highest BCUT2D eigenvalue weighted by Crippen LogP contribution is 2.24. The summed E-state index contributed by atoms with van der Waals surface area (Å²) >= 11 is 2.13. The Morgan fingerprint density at radius 1 is 1.11 bits per heavy atom. The summed E-state index contributed by atoms with van der Waals surface area (Å²) in [4.78, 5) is 16.2. The van der Waals surface area contributed by atoms with Crippen LogP contribution in [0.1, 0.15) is 19.8 Å². The summed E-state index contributed by atoms with van der Waals surface area (Å²) in [6, 6.07) is 13.6. The SMILES string of the molecule is CCCCN1CCN(c2ccc(S(=O)(=O)Nc3cccc(I)c3)cc2)C1=O. The second-order valence-electron chi connectivity index (χ2n) is 6.38. The molecule has 1 fully saturated rings. The topological polar surface area (TPSA) is 69.7 Å². The van der Waals surface area contributed by atoms with Crippen molar-refractivity contribution in [2.24, 2.45) is 0 Å². The van der Waals surface area contributed by atoms with Gasteiger partial charge in [0.1, 0.15) is 0 Å². The molecule has 1 N–H and O–H groups in total. The fraction of sp³-hybridized carbons (Fsp3) is 0.316. The van der Waals surface area contributed by atoms with Gasteiger partial charge in [-0.25, -0.2) is 13.2 Å². The van der Waals surface area contributed by atoms with Crippen molar-refractivity contribution in [1.82, 2.24) is 4.90 Å². The molecule has 3 rings (SSSR count). The van der Waals surface area contributed by atoms with Gasteiger partial charge in [-0.3, -0.25) is 9.62 Å². The molecule has 2 amide bonds. The van der Waals surface area contributed by atoms with Crippen molar-refractivity contribution in [3.8, 4) is 0 Å². The lowest BCUT2D eigenvalue weighted by Gasteiger charge is -2.19. The van der Waals surface area contributed by atoms with Crippen molar-refractivity contribution in [2.75, 3.05) is 29.3 Å². The minimum atomic E-state index is -3.67. The van der Waals surface area contributed by atoms with Crippen molar-refractivity contribution in [3.05, 3.63) is 52.1 Å². The zero-order chi connectivity index (χ0) is 19.4. The minimum Gasteiger partial charge on any atom is -0.323 e. The Kier molecular flexibility index (Phi) is 6.25. The lowest BCUT2D eigenvalue weighted by atomic mass is 10.3. The highest BCUT2D eigenvalue weighted by Gasteiger charge is 2.29. The Balaban J connectivity index is 1.72. The number of amides is 2. The lowest BCUT2D eigenvalue weighted by Crippen LogP contribution is -2.32. The molecule has 0 aromatic heterocycles. The molecule has 0 radical (unpaired) electrons. The number of carbonyl (C=O) groups is 1. The molecule has 8 heteroatoms. The number of hydrogen-bond donors (Lipinski definition) is 1. The van der Waals surface area contributed by atoms with E-state index < -0.39 is 10.0 Å². The van der Waals surface area contributed by atoms with E-state index in [1.165, 1.54) is 12.1 Å². The number of sulfonamides is 1. The molecular weight excluding hydrogens is 477 g/mol. The van der Waals surface area contributed by atoms with Gasteiger partial charge in [0, 0.05) is 34.6 Å². The average Bonchev–Trinajstić information content (AvgIpc) is 3.00. The van der Waals surface area contributed by atoms with Crippen LogP contribution in [0.5, 0.6) is 0 Å². The first kappa shape index (κ1) is 19.9. The summed E-state index contributed by atoms with van der Waals surface area (Å²) in [6.07, 6.45) is 2.03. The number of unbranched alkanes of at least 4 members (excludes halogenated alkanes) is 1. The molecule has 1 aliphatic rings. The van der Waals surface area contributed by atoms with E-state index in [1.807, 2.05) is 11.0 Å². The van der Waals surface area contributed by atoms with Crippen LogP contribution in [0.3, 0.4) is 0 Å². The molecular formula is C19H22IN3O3S. The van der Waals surface area contributed by atoms with Crippen molar-refractivity contribution in [2.45, 2.75) is 24.7 Å². The normalized spacial score (nSPS) is 14.7. The number of nitrogens with zero attached hydrogens (tertiary/aromatic N) is 2. The van der Waals surface area contributed by atoms with Gasteiger partial charge in [-0.05, 0) is 71.5 Å². The van der Waals surface area contributed by atoms with Crippen LogP contribution in [0.15, 0.2) is 53.4 Å². The van der Waals surface area contributed by atoms with Gasteiger partial charge >= 0.3 is 6.03 Å². The third kappa shape index (κ3) is 4.73. The number of rotatable bonds is 7. The largest absolute Gasteiger partial charge is 0.324 e. The first-order valence-corrected chi connectivity index (χ1v) is 11.4. The first-order valence-electron chi connectivity index (χ1n) is 8.85. The summed E-state index contributed by atoms with van der Waals surface area (Å²) in [7, 11) is -3.67. The Bertz CT molecular complexity index is 916. The van der Waals surface area contributed by atoms with Crippen LogP contribution in [-0.4, -0.2) is 39.0 Å². The number of carbonyl (C=O) groups excluding carboxylic acids is 1. The van der Waals surface area contributed by atoms with Crippen LogP contribution in [0, 0.1) is 3.57 Å². The van der Waals surface area contributed by atoms with Crippen molar-refractivity contribution in [1.29, 1.82) is 0 Å². The Labute approximate surface area is 173 Å². The van der Waals surface area contributed by atoms with Crippen LogP contribution in [-0.2, 0) is 10.0 Å². The van der Waals surface area contributed by atoms with Crippen LogP contribution in [0.25, 0.3) is 0 Å². The van der Waals surface area contributed by atoms with E-state index >= 15 is 0 Å². The van der Waals surface area contributed by atoms with Crippen LogP contribution in [0.4, 0.5) is 16.2 Å². The highest BCUT2D eigenvalue weighted by atomic mass is 127. The molecule has 0 atom stereocenters. The van der Waals surface area contributed by atoms with Gasteiger partial charge < -0.3 is 4.90 Å². The maximum Gasteiger partial charge on any atom is 0.324 e. The fourth-order valence-electron chi connectivity index (χ4n) is 2.95. The second-order valence-corrected chi connectivity index (χ2v) is 9.31. The number of hydrogen-bond acceptors (Lipinski definition) is 3. The van der Waals surface area contributed by atoms with E-state index in [4.69, 9.17) is 0 Å². The lowest BCUT2D eigenvalue weighted by molar-refractivity contribution is 0.220. The Morgan fingerprint density at radius 2 is 1.85 bits per heavy atom. The van der Waals surface area contributed by atoms with E-state index in [0.717, 1.165) is 23.0 Å². The van der Waals surface area contributed by atoms with Gasteiger partial charge in [-0.1, -0.05) is 19.4 Å².